The number of nitrogens with one attached hydrogen (secondary N) is 1. The van der Waals surface area contributed by atoms with Crippen LogP contribution in [0.5, 0.6) is 0 Å². The standard InChI is InChI=1S/C26H23NO6S/c1-17-11-12-23-21(14-24(28)33-25(23)18(17)2)16-32-26(29)20-9-6-10-22(13-20)34(30,31)27-15-19-7-4-3-5-8-19/h3-14,27H,15-16H2,1-2H3. The van der Waals surface area contributed by atoms with Gasteiger partial charge >= 0.3 is 11.6 Å². The number of fused-ring (bicyclic) bond motifs is 1. The molecule has 174 valence electrons. The fourth-order valence-electron chi connectivity index (χ4n) is 3.52. The van der Waals surface area contributed by atoms with Gasteiger partial charge in [-0.2, -0.15) is 0 Å². The molecule has 4 rings (SSSR count). The average Bonchev–Trinajstić information content (AvgIpc) is 2.84. The van der Waals surface area contributed by atoms with Crippen LogP contribution in [0.4, 0.5) is 0 Å². The van der Waals surface area contributed by atoms with E-state index >= 15 is 0 Å². The van der Waals surface area contributed by atoms with Gasteiger partial charge in [0.2, 0.25) is 10.0 Å². The van der Waals surface area contributed by atoms with Crippen molar-refractivity contribution in [3.05, 3.63) is 111 Å². The van der Waals surface area contributed by atoms with Crippen LogP contribution in [0, 0.1) is 13.8 Å². The van der Waals surface area contributed by atoms with Crippen molar-refractivity contribution in [2.75, 3.05) is 0 Å². The van der Waals surface area contributed by atoms with E-state index in [2.05, 4.69) is 4.72 Å². The number of ether oxygens (including phenoxy) is 1. The molecule has 8 heteroatoms. The summed E-state index contributed by atoms with van der Waals surface area (Å²) >= 11 is 0. The Labute approximate surface area is 197 Å². The van der Waals surface area contributed by atoms with Gasteiger partial charge < -0.3 is 9.15 Å². The Morgan fingerprint density at radius 2 is 1.74 bits per heavy atom. The molecular formula is C26H23NO6S. The number of aryl methyl sites for hydroxylation is 2. The molecule has 3 aromatic carbocycles. The van der Waals surface area contributed by atoms with Crippen molar-refractivity contribution >= 4 is 27.0 Å². The third-order valence-electron chi connectivity index (χ3n) is 5.57. The summed E-state index contributed by atoms with van der Waals surface area (Å²) in [5.74, 6) is -0.703. The highest BCUT2D eigenvalue weighted by Crippen LogP contribution is 2.24. The Kier molecular flexibility index (Phi) is 6.63. The van der Waals surface area contributed by atoms with Crippen molar-refractivity contribution in [1.29, 1.82) is 0 Å². The third-order valence-corrected chi connectivity index (χ3v) is 6.96. The number of carbonyl (C=O) groups is 1. The highest BCUT2D eigenvalue weighted by Gasteiger charge is 2.18. The average molecular weight is 478 g/mol. The maximum absolute atomic E-state index is 12.7. The molecule has 4 aromatic rings. The summed E-state index contributed by atoms with van der Waals surface area (Å²) in [7, 11) is -3.84. The van der Waals surface area contributed by atoms with Crippen LogP contribution < -0.4 is 10.3 Å². The van der Waals surface area contributed by atoms with E-state index in [1.807, 2.05) is 56.3 Å². The minimum absolute atomic E-state index is 0.0465. The van der Waals surface area contributed by atoms with Gasteiger partial charge in [-0.15, -0.1) is 0 Å². The molecule has 1 aromatic heterocycles. The van der Waals surface area contributed by atoms with Gasteiger partial charge in [-0.1, -0.05) is 48.5 Å². The van der Waals surface area contributed by atoms with Crippen molar-refractivity contribution in [3.8, 4) is 0 Å². The zero-order valence-corrected chi connectivity index (χ0v) is 19.5. The van der Waals surface area contributed by atoms with E-state index in [9.17, 15) is 18.0 Å². The van der Waals surface area contributed by atoms with E-state index in [1.165, 1.54) is 30.3 Å². The SMILES string of the molecule is Cc1ccc2c(COC(=O)c3cccc(S(=O)(=O)NCc4ccccc4)c3)cc(=O)oc2c1C. The lowest BCUT2D eigenvalue weighted by atomic mass is 10.0. The molecule has 0 saturated carbocycles. The van der Waals surface area contributed by atoms with Crippen molar-refractivity contribution < 1.29 is 22.4 Å². The molecule has 34 heavy (non-hydrogen) atoms. The second-order valence-corrected chi connectivity index (χ2v) is 9.66. The fourth-order valence-corrected chi connectivity index (χ4v) is 4.58. The van der Waals surface area contributed by atoms with Gasteiger partial charge in [-0.3, -0.25) is 0 Å². The van der Waals surface area contributed by atoms with Gasteiger partial charge in [-0.25, -0.2) is 22.7 Å². The first kappa shape index (κ1) is 23.4. The molecule has 0 aliphatic heterocycles. The van der Waals surface area contributed by atoms with Gasteiger partial charge in [0, 0.05) is 23.6 Å². The first-order chi connectivity index (χ1) is 16.2. The summed E-state index contributed by atoms with van der Waals surface area (Å²) < 4.78 is 38.7. The number of rotatable bonds is 7. The molecule has 0 unspecified atom stereocenters. The molecule has 1 N–H and O–H groups in total. The molecule has 0 aliphatic rings. The highest BCUT2D eigenvalue weighted by molar-refractivity contribution is 7.89. The molecule has 0 spiro atoms. The van der Waals surface area contributed by atoms with Crippen LogP contribution in [-0.4, -0.2) is 14.4 Å². The smallest absolute Gasteiger partial charge is 0.338 e. The summed E-state index contributed by atoms with van der Waals surface area (Å²) in [4.78, 5) is 24.7. The predicted octanol–water partition coefficient (Wildman–Crippen LogP) is 4.25. The lowest BCUT2D eigenvalue weighted by molar-refractivity contribution is 0.0473. The van der Waals surface area contributed by atoms with Crippen molar-refractivity contribution in [2.45, 2.75) is 31.9 Å². The molecule has 0 fully saturated rings. The second-order valence-electron chi connectivity index (χ2n) is 7.89. The Morgan fingerprint density at radius 3 is 2.50 bits per heavy atom. The lowest BCUT2D eigenvalue weighted by Gasteiger charge is -2.11. The monoisotopic (exact) mass is 477 g/mol. The van der Waals surface area contributed by atoms with E-state index in [1.54, 1.807) is 0 Å². The molecule has 0 bridgehead atoms. The van der Waals surface area contributed by atoms with Crippen LogP contribution in [-0.2, 0) is 27.9 Å². The predicted molar refractivity (Wildman–Crippen MR) is 128 cm³/mol. The maximum atomic E-state index is 12.7. The van der Waals surface area contributed by atoms with Gasteiger partial charge in [0.1, 0.15) is 12.2 Å². The Balaban J connectivity index is 1.51. The van der Waals surface area contributed by atoms with E-state index in [0.717, 1.165) is 16.7 Å². The van der Waals surface area contributed by atoms with E-state index < -0.39 is 21.6 Å². The Bertz CT molecular complexity index is 1520. The molecule has 1 heterocycles. The summed E-state index contributed by atoms with van der Waals surface area (Å²) in [5.41, 5.74) is 3.14. The van der Waals surface area contributed by atoms with Crippen LogP contribution in [0.2, 0.25) is 0 Å². The van der Waals surface area contributed by atoms with Gasteiger partial charge in [0.15, 0.2) is 0 Å². The molecule has 7 nitrogen and oxygen atoms in total. The van der Waals surface area contributed by atoms with Gasteiger partial charge in [0.25, 0.3) is 0 Å². The number of hydrogen-bond donors (Lipinski definition) is 1. The number of esters is 1. The van der Waals surface area contributed by atoms with Crippen LogP contribution in [0.15, 0.2) is 86.9 Å². The number of benzene rings is 3. The van der Waals surface area contributed by atoms with Crippen LogP contribution >= 0.6 is 0 Å². The molecule has 0 radical (unpaired) electrons. The summed E-state index contributed by atoms with van der Waals surface area (Å²) in [6, 6.07) is 19.8. The number of sulfonamides is 1. The minimum Gasteiger partial charge on any atom is -0.457 e. The van der Waals surface area contributed by atoms with E-state index in [-0.39, 0.29) is 23.6 Å². The first-order valence-corrected chi connectivity index (χ1v) is 12.1. The van der Waals surface area contributed by atoms with E-state index in [0.29, 0.717) is 16.5 Å². The van der Waals surface area contributed by atoms with Gasteiger partial charge in [0.05, 0.1) is 10.5 Å². The zero-order chi connectivity index (χ0) is 24.3. The Hall–Kier alpha value is -3.75. The van der Waals surface area contributed by atoms with Crippen LogP contribution in [0.3, 0.4) is 0 Å². The van der Waals surface area contributed by atoms with Crippen molar-refractivity contribution in [2.24, 2.45) is 0 Å². The third kappa shape index (κ3) is 5.08. The highest BCUT2D eigenvalue weighted by atomic mass is 32.2. The molecule has 0 atom stereocenters. The maximum Gasteiger partial charge on any atom is 0.338 e. The van der Waals surface area contributed by atoms with Gasteiger partial charge in [-0.05, 0) is 48.7 Å². The van der Waals surface area contributed by atoms with Crippen molar-refractivity contribution in [3.63, 3.8) is 0 Å². The lowest BCUT2D eigenvalue weighted by Crippen LogP contribution is -2.23. The first-order valence-electron chi connectivity index (χ1n) is 10.6. The number of carbonyl (C=O) groups excluding carboxylic acids is 1. The van der Waals surface area contributed by atoms with Crippen LogP contribution in [0.1, 0.15) is 32.6 Å². The summed E-state index contributed by atoms with van der Waals surface area (Å²) in [6.07, 6.45) is 0. The quantitative estimate of drug-likeness (QED) is 0.315. The second kappa shape index (κ2) is 9.62. The van der Waals surface area contributed by atoms with Crippen molar-refractivity contribution in [1.82, 2.24) is 4.72 Å². The fraction of sp³-hybridized carbons (Fsp3) is 0.154. The molecular weight excluding hydrogens is 454 g/mol. The molecule has 0 saturated heterocycles. The van der Waals surface area contributed by atoms with Crippen LogP contribution in [0.25, 0.3) is 11.0 Å². The summed E-state index contributed by atoms with van der Waals surface area (Å²) in [5, 5.41) is 0.678. The normalized spacial score (nSPS) is 11.5. The summed E-state index contributed by atoms with van der Waals surface area (Å²) in [6.45, 7) is 3.73. The van der Waals surface area contributed by atoms with E-state index in [4.69, 9.17) is 9.15 Å². The molecule has 0 aliphatic carbocycles. The molecule has 0 amide bonds. The minimum atomic E-state index is -3.84. The zero-order valence-electron chi connectivity index (χ0n) is 18.7. The largest absolute Gasteiger partial charge is 0.457 e. The Morgan fingerprint density at radius 1 is 0.971 bits per heavy atom. The topological polar surface area (TPSA) is 103 Å². The number of hydrogen-bond acceptors (Lipinski definition) is 6.